The van der Waals surface area contributed by atoms with E-state index < -0.39 is 33.6 Å². The smallest absolute Gasteiger partial charge is 0.293 e. The lowest BCUT2D eigenvalue weighted by atomic mass is 9.80. The molecule has 1 aromatic carbocycles. The first kappa shape index (κ1) is 14.2. The molecule has 1 aliphatic rings. The minimum absolute atomic E-state index is 0.102. The molecule has 20 heavy (non-hydrogen) atoms. The zero-order chi connectivity index (χ0) is 14.9. The maximum absolute atomic E-state index is 13.7. The molecule has 0 heterocycles. The number of nitrogens with two attached hydrogens (primary N) is 1. The Kier molecular flexibility index (Phi) is 3.87. The van der Waals surface area contributed by atoms with E-state index >= 15 is 0 Å². The Morgan fingerprint density at radius 3 is 2.70 bits per heavy atom. The number of benzene rings is 1. The molecule has 0 bridgehead atoms. The van der Waals surface area contributed by atoms with Crippen molar-refractivity contribution in [3.05, 3.63) is 33.6 Å². The lowest BCUT2D eigenvalue weighted by molar-refractivity contribution is -0.384. The topological polar surface area (TPSA) is 98.3 Å². The van der Waals surface area contributed by atoms with Gasteiger partial charge < -0.3 is 11.1 Å². The Labute approximate surface area is 115 Å². The number of rotatable bonds is 4. The van der Waals surface area contributed by atoms with Crippen molar-refractivity contribution in [3.8, 4) is 0 Å². The Morgan fingerprint density at radius 2 is 2.20 bits per heavy atom. The number of carbonyl (C=O) groups is 1. The summed E-state index contributed by atoms with van der Waals surface area (Å²) in [6.45, 7) is 1.84. The summed E-state index contributed by atoms with van der Waals surface area (Å²) >= 11 is 0. The van der Waals surface area contributed by atoms with Crippen molar-refractivity contribution in [1.82, 2.24) is 5.32 Å². The van der Waals surface area contributed by atoms with E-state index in [1.165, 1.54) is 0 Å². The van der Waals surface area contributed by atoms with Crippen molar-refractivity contribution in [3.63, 3.8) is 0 Å². The molecule has 1 atom stereocenters. The highest BCUT2D eigenvalue weighted by Gasteiger charge is 2.28. The minimum atomic E-state index is -0.855. The van der Waals surface area contributed by atoms with E-state index in [0.717, 1.165) is 31.4 Å². The molecule has 3 N–H and O–H groups in total. The first-order valence-electron chi connectivity index (χ1n) is 6.45. The molecule has 1 aromatic rings. The molecule has 0 saturated heterocycles. The molecule has 1 aliphatic carbocycles. The molecule has 0 spiro atoms. The van der Waals surface area contributed by atoms with Gasteiger partial charge in [-0.3, -0.25) is 14.9 Å². The summed E-state index contributed by atoms with van der Waals surface area (Å²) < 4.78 is 13.7. The highest BCUT2D eigenvalue weighted by Crippen LogP contribution is 2.31. The molecule has 2 rings (SSSR count). The second-order valence-electron chi connectivity index (χ2n) is 5.07. The van der Waals surface area contributed by atoms with Crippen LogP contribution in [0.1, 0.15) is 36.5 Å². The van der Waals surface area contributed by atoms with Gasteiger partial charge in [0.25, 0.3) is 11.6 Å². The van der Waals surface area contributed by atoms with Gasteiger partial charge in [0, 0.05) is 12.1 Å². The molecule has 108 valence electrons. The fraction of sp³-hybridized carbons (Fsp3) is 0.462. The van der Waals surface area contributed by atoms with Gasteiger partial charge >= 0.3 is 0 Å². The molecule has 0 radical (unpaired) electrons. The van der Waals surface area contributed by atoms with Gasteiger partial charge in [-0.25, -0.2) is 4.39 Å². The fourth-order valence-corrected chi connectivity index (χ4v) is 2.31. The first-order chi connectivity index (χ1) is 9.41. The van der Waals surface area contributed by atoms with Gasteiger partial charge in [0.2, 0.25) is 0 Å². The highest BCUT2D eigenvalue weighted by molar-refractivity contribution is 6.01. The average molecular weight is 281 g/mol. The van der Waals surface area contributed by atoms with Crippen molar-refractivity contribution in [1.29, 1.82) is 0 Å². The lowest BCUT2D eigenvalue weighted by Crippen LogP contribution is -2.41. The molecular formula is C13H16FN3O3. The second-order valence-corrected chi connectivity index (χ2v) is 5.07. The summed E-state index contributed by atoms with van der Waals surface area (Å²) in [6, 6.07) is 1.74. The molecule has 6 nitrogen and oxygen atoms in total. The summed E-state index contributed by atoms with van der Waals surface area (Å²) in [5.74, 6) is -1.18. The third-order valence-corrected chi connectivity index (χ3v) is 3.81. The lowest BCUT2D eigenvalue weighted by Gasteiger charge is -2.31. The van der Waals surface area contributed by atoms with E-state index in [1.54, 1.807) is 0 Å². The number of nitro benzene ring substituents is 1. The van der Waals surface area contributed by atoms with Crippen LogP contribution in [0, 0.1) is 21.8 Å². The maximum atomic E-state index is 13.7. The maximum Gasteiger partial charge on any atom is 0.293 e. The number of hydrogen-bond donors (Lipinski definition) is 2. The van der Waals surface area contributed by atoms with Gasteiger partial charge in [0.15, 0.2) is 0 Å². The molecular weight excluding hydrogens is 265 g/mol. The number of amides is 1. The van der Waals surface area contributed by atoms with E-state index in [2.05, 4.69) is 5.32 Å². The van der Waals surface area contributed by atoms with Gasteiger partial charge in [-0.15, -0.1) is 0 Å². The molecule has 1 fully saturated rings. The normalized spacial score (nSPS) is 16.3. The Morgan fingerprint density at radius 1 is 1.55 bits per heavy atom. The van der Waals surface area contributed by atoms with E-state index in [1.807, 2.05) is 6.92 Å². The van der Waals surface area contributed by atoms with Crippen LogP contribution >= 0.6 is 0 Å². The zero-order valence-electron chi connectivity index (χ0n) is 11.1. The van der Waals surface area contributed by atoms with Crippen LogP contribution in [0.2, 0.25) is 0 Å². The Hall–Kier alpha value is -2.18. The minimum Gasteiger partial charge on any atom is -0.392 e. The number of nitrogens with one attached hydrogen (secondary N) is 1. The van der Waals surface area contributed by atoms with Crippen molar-refractivity contribution >= 4 is 17.3 Å². The Balaban J connectivity index is 2.24. The summed E-state index contributed by atoms with van der Waals surface area (Å²) in [5.41, 5.74) is 4.19. The van der Waals surface area contributed by atoms with E-state index in [9.17, 15) is 19.3 Å². The Bertz CT molecular complexity index is 558. The highest BCUT2D eigenvalue weighted by atomic mass is 19.1. The van der Waals surface area contributed by atoms with Crippen molar-refractivity contribution in [2.45, 2.75) is 32.2 Å². The van der Waals surface area contributed by atoms with Crippen LogP contribution in [0.25, 0.3) is 0 Å². The third-order valence-electron chi connectivity index (χ3n) is 3.81. The number of halogens is 1. The van der Waals surface area contributed by atoms with Gasteiger partial charge in [0.1, 0.15) is 17.1 Å². The van der Waals surface area contributed by atoms with Gasteiger partial charge in [-0.2, -0.15) is 0 Å². The van der Waals surface area contributed by atoms with Crippen LogP contribution in [-0.4, -0.2) is 16.9 Å². The van der Waals surface area contributed by atoms with Crippen molar-refractivity contribution in [2.24, 2.45) is 5.92 Å². The molecule has 1 amide bonds. The number of anilines is 1. The zero-order valence-corrected chi connectivity index (χ0v) is 11.1. The standard InChI is InChI=1S/C13H16FN3O3/c1-7(8-3-2-4-8)16-13(18)11-9(14)5-6-10(12(11)15)17(19)20/h5-8H,2-4,15H2,1H3,(H,16,18). The van der Waals surface area contributed by atoms with Gasteiger partial charge in [0.05, 0.1) is 4.92 Å². The predicted molar refractivity (Wildman–Crippen MR) is 71.7 cm³/mol. The monoisotopic (exact) mass is 281 g/mol. The molecule has 0 aliphatic heterocycles. The SMILES string of the molecule is CC(NC(=O)c1c(F)ccc([N+](=O)[O-])c1N)C1CCC1. The average Bonchev–Trinajstić information content (AvgIpc) is 2.25. The summed E-state index contributed by atoms with van der Waals surface area (Å²) in [7, 11) is 0. The number of nitro groups is 1. The quantitative estimate of drug-likeness (QED) is 0.502. The number of nitrogen functional groups attached to an aromatic ring is 1. The fourth-order valence-electron chi connectivity index (χ4n) is 2.31. The van der Waals surface area contributed by atoms with Crippen LogP contribution in [0.3, 0.4) is 0 Å². The number of nitrogens with zero attached hydrogens (tertiary/aromatic N) is 1. The third kappa shape index (κ3) is 2.56. The first-order valence-corrected chi connectivity index (χ1v) is 6.45. The summed E-state index contributed by atoms with van der Waals surface area (Å²) in [5, 5.41) is 13.4. The summed E-state index contributed by atoms with van der Waals surface area (Å²) in [4.78, 5) is 22.1. The van der Waals surface area contributed by atoms with Crippen LogP contribution in [0.15, 0.2) is 12.1 Å². The molecule has 1 saturated carbocycles. The molecule has 0 aromatic heterocycles. The number of carbonyl (C=O) groups excluding carboxylic acids is 1. The second kappa shape index (κ2) is 5.44. The van der Waals surface area contributed by atoms with Crippen molar-refractivity contribution < 1.29 is 14.1 Å². The van der Waals surface area contributed by atoms with Crippen LogP contribution in [0.5, 0.6) is 0 Å². The van der Waals surface area contributed by atoms with Crippen LogP contribution in [0.4, 0.5) is 15.8 Å². The van der Waals surface area contributed by atoms with E-state index in [0.29, 0.717) is 5.92 Å². The van der Waals surface area contributed by atoms with Crippen LogP contribution in [-0.2, 0) is 0 Å². The van der Waals surface area contributed by atoms with Crippen LogP contribution < -0.4 is 11.1 Å². The van der Waals surface area contributed by atoms with Gasteiger partial charge in [-0.1, -0.05) is 6.42 Å². The molecule has 1 unspecified atom stereocenters. The summed E-state index contributed by atoms with van der Waals surface area (Å²) in [6.07, 6.45) is 3.17. The molecule has 7 heteroatoms. The largest absolute Gasteiger partial charge is 0.392 e. The van der Waals surface area contributed by atoms with E-state index in [-0.39, 0.29) is 6.04 Å². The van der Waals surface area contributed by atoms with Gasteiger partial charge in [-0.05, 0) is 31.7 Å². The predicted octanol–water partition coefficient (Wildman–Crippen LogP) is 2.23. The van der Waals surface area contributed by atoms with E-state index in [4.69, 9.17) is 5.73 Å². The number of hydrogen-bond acceptors (Lipinski definition) is 4. The van der Waals surface area contributed by atoms with Crippen molar-refractivity contribution in [2.75, 3.05) is 5.73 Å².